The third-order valence-corrected chi connectivity index (χ3v) is 3.83. The molecule has 2 aromatic rings. The summed E-state index contributed by atoms with van der Waals surface area (Å²) in [4.78, 5) is 26.1. The summed E-state index contributed by atoms with van der Waals surface area (Å²) in [5, 5.41) is 3.58. The van der Waals surface area contributed by atoms with Gasteiger partial charge in [0.2, 0.25) is 0 Å². The first-order valence-electron chi connectivity index (χ1n) is 6.78. The number of para-hydroxylation sites is 1. The number of rotatable bonds is 3. The van der Waals surface area contributed by atoms with Crippen molar-refractivity contribution in [1.29, 1.82) is 0 Å². The summed E-state index contributed by atoms with van der Waals surface area (Å²) in [5.74, 6) is -0.654. The molecule has 1 heterocycles. The Balaban J connectivity index is 1.87. The molecule has 0 saturated carbocycles. The summed E-state index contributed by atoms with van der Waals surface area (Å²) in [7, 11) is 0. The number of anilines is 1. The molecule has 1 aliphatic rings. The predicted octanol–water partition coefficient (Wildman–Crippen LogP) is 3.33. The standard InChI is InChI=1S/C17H11ClN2O2S/c18-12-8-6-11(7-9-12)15(21)10-14-16(22)20(17(23)19-14)13-4-2-1-3-5-13/h1-10H,(H,19,23)/b14-10+. The summed E-state index contributed by atoms with van der Waals surface area (Å²) in [5.41, 5.74) is 1.25. The highest BCUT2D eigenvalue weighted by molar-refractivity contribution is 7.80. The van der Waals surface area contributed by atoms with E-state index in [1.165, 1.54) is 11.0 Å². The van der Waals surface area contributed by atoms with Gasteiger partial charge in [0.05, 0.1) is 5.69 Å². The van der Waals surface area contributed by atoms with Gasteiger partial charge in [-0.2, -0.15) is 0 Å². The number of nitrogens with zero attached hydrogens (tertiary/aromatic N) is 1. The van der Waals surface area contributed by atoms with Crippen molar-refractivity contribution in [3.8, 4) is 0 Å². The summed E-state index contributed by atoms with van der Waals surface area (Å²) in [6.45, 7) is 0. The van der Waals surface area contributed by atoms with Crippen molar-refractivity contribution in [2.75, 3.05) is 4.90 Å². The second-order valence-corrected chi connectivity index (χ2v) is 5.66. The summed E-state index contributed by atoms with van der Waals surface area (Å²) in [6, 6.07) is 15.5. The zero-order valence-corrected chi connectivity index (χ0v) is 13.4. The lowest BCUT2D eigenvalue weighted by molar-refractivity contribution is -0.113. The Kier molecular flexibility index (Phi) is 4.23. The Morgan fingerprint density at radius 2 is 1.74 bits per heavy atom. The van der Waals surface area contributed by atoms with Crippen LogP contribution in [0.25, 0.3) is 0 Å². The maximum Gasteiger partial charge on any atom is 0.281 e. The van der Waals surface area contributed by atoms with E-state index >= 15 is 0 Å². The average Bonchev–Trinajstić information content (AvgIpc) is 2.82. The molecule has 0 unspecified atom stereocenters. The molecular formula is C17H11ClN2O2S. The minimum absolute atomic E-state index is 0.152. The van der Waals surface area contributed by atoms with Crippen molar-refractivity contribution in [2.24, 2.45) is 0 Å². The molecule has 1 saturated heterocycles. The van der Waals surface area contributed by atoms with Crippen LogP contribution in [0.4, 0.5) is 5.69 Å². The van der Waals surface area contributed by atoms with Gasteiger partial charge < -0.3 is 5.32 Å². The van der Waals surface area contributed by atoms with E-state index in [1.54, 1.807) is 36.4 Å². The number of allylic oxidation sites excluding steroid dienone is 1. The van der Waals surface area contributed by atoms with Gasteiger partial charge in [-0.1, -0.05) is 29.8 Å². The first kappa shape index (κ1) is 15.4. The molecule has 0 radical (unpaired) electrons. The Hall–Kier alpha value is -2.50. The smallest absolute Gasteiger partial charge is 0.281 e. The van der Waals surface area contributed by atoms with Crippen molar-refractivity contribution in [3.63, 3.8) is 0 Å². The number of nitrogens with one attached hydrogen (secondary N) is 1. The third kappa shape index (κ3) is 3.16. The van der Waals surface area contributed by atoms with Crippen LogP contribution in [0.3, 0.4) is 0 Å². The van der Waals surface area contributed by atoms with Crippen LogP contribution in [-0.2, 0) is 4.79 Å². The molecule has 1 aliphatic heterocycles. The molecule has 4 nitrogen and oxygen atoms in total. The number of hydrogen-bond donors (Lipinski definition) is 1. The lowest BCUT2D eigenvalue weighted by atomic mass is 10.1. The molecule has 2 aromatic carbocycles. The normalized spacial score (nSPS) is 15.9. The minimum Gasteiger partial charge on any atom is -0.327 e. The van der Waals surface area contributed by atoms with Gasteiger partial charge in [-0.25, -0.2) is 0 Å². The molecule has 0 spiro atoms. The zero-order valence-electron chi connectivity index (χ0n) is 11.8. The molecule has 1 N–H and O–H groups in total. The molecule has 23 heavy (non-hydrogen) atoms. The summed E-state index contributed by atoms with van der Waals surface area (Å²) >= 11 is 11.0. The maximum atomic E-state index is 12.5. The first-order valence-corrected chi connectivity index (χ1v) is 7.57. The SMILES string of the molecule is O=C(/C=C1/NC(=S)N(c2ccccc2)C1=O)c1ccc(Cl)cc1. The van der Waals surface area contributed by atoms with Gasteiger partial charge in [0, 0.05) is 16.7 Å². The third-order valence-electron chi connectivity index (χ3n) is 3.30. The van der Waals surface area contributed by atoms with E-state index in [0.717, 1.165) is 0 Å². The van der Waals surface area contributed by atoms with Crippen LogP contribution in [0.5, 0.6) is 0 Å². The molecule has 0 bridgehead atoms. The number of benzene rings is 2. The van der Waals surface area contributed by atoms with Crippen molar-refractivity contribution >= 4 is 46.3 Å². The highest BCUT2D eigenvalue weighted by Gasteiger charge is 2.32. The molecule has 0 atom stereocenters. The Labute approximate surface area is 143 Å². The number of halogens is 1. The van der Waals surface area contributed by atoms with Gasteiger partial charge >= 0.3 is 0 Å². The lowest BCUT2D eigenvalue weighted by Gasteiger charge is -2.13. The van der Waals surface area contributed by atoms with Gasteiger partial charge in [-0.15, -0.1) is 0 Å². The molecule has 1 fully saturated rings. The number of thiocarbonyl (C=S) groups is 1. The number of hydrogen-bond acceptors (Lipinski definition) is 3. The second kappa shape index (κ2) is 6.32. The van der Waals surface area contributed by atoms with Crippen LogP contribution in [0.1, 0.15) is 10.4 Å². The van der Waals surface area contributed by atoms with Gasteiger partial charge in [0.15, 0.2) is 10.9 Å². The van der Waals surface area contributed by atoms with Crippen molar-refractivity contribution in [3.05, 3.63) is 77.0 Å². The molecule has 0 aromatic heterocycles. The number of amides is 1. The highest BCUT2D eigenvalue weighted by Crippen LogP contribution is 2.21. The van der Waals surface area contributed by atoms with Gasteiger partial charge in [0.25, 0.3) is 5.91 Å². The molecule has 114 valence electrons. The fraction of sp³-hybridized carbons (Fsp3) is 0. The van der Waals surface area contributed by atoms with E-state index in [4.69, 9.17) is 23.8 Å². The predicted molar refractivity (Wildman–Crippen MR) is 93.5 cm³/mol. The molecule has 3 rings (SSSR count). The van der Waals surface area contributed by atoms with E-state index in [9.17, 15) is 9.59 Å². The Morgan fingerprint density at radius 1 is 1.09 bits per heavy atom. The quantitative estimate of drug-likeness (QED) is 0.528. The lowest BCUT2D eigenvalue weighted by Crippen LogP contribution is -2.30. The largest absolute Gasteiger partial charge is 0.327 e. The molecule has 0 aliphatic carbocycles. The monoisotopic (exact) mass is 342 g/mol. The fourth-order valence-corrected chi connectivity index (χ4v) is 2.60. The highest BCUT2D eigenvalue weighted by atomic mass is 35.5. The topological polar surface area (TPSA) is 49.4 Å². The Morgan fingerprint density at radius 3 is 2.39 bits per heavy atom. The van der Waals surface area contributed by atoms with Gasteiger partial charge in [-0.05, 0) is 48.6 Å². The van der Waals surface area contributed by atoms with Crippen molar-refractivity contribution in [2.45, 2.75) is 0 Å². The number of ketones is 1. The number of carbonyl (C=O) groups excluding carboxylic acids is 2. The van der Waals surface area contributed by atoms with E-state index in [1.807, 2.05) is 18.2 Å². The van der Waals surface area contributed by atoms with Gasteiger partial charge in [-0.3, -0.25) is 14.5 Å². The van der Waals surface area contributed by atoms with Crippen LogP contribution in [0.15, 0.2) is 66.4 Å². The van der Waals surface area contributed by atoms with Crippen LogP contribution in [0.2, 0.25) is 5.02 Å². The minimum atomic E-state index is -0.358. The zero-order chi connectivity index (χ0) is 16.4. The van der Waals surface area contributed by atoms with Crippen LogP contribution in [0, 0.1) is 0 Å². The van der Waals surface area contributed by atoms with Crippen LogP contribution < -0.4 is 10.2 Å². The van der Waals surface area contributed by atoms with Crippen molar-refractivity contribution < 1.29 is 9.59 Å². The molecular weight excluding hydrogens is 332 g/mol. The van der Waals surface area contributed by atoms with E-state index in [2.05, 4.69) is 5.32 Å². The van der Waals surface area contributed by atoms with Crippen LogP contribution >= 0.6 is 23.8 Å². The summed E-state index contributed by atoms with van der Waals surface area (Å²) < 4.78 is 0. The second-order valence-electron chi connectivity index (χ2n) is 4.84. The maximum absolute atomic E-state index is 12.5. The molecule has 1 amide bonds. The van der Waals surface area contributed by atoms with Gasteiger partial charge in [0.1, 0.15) is 5.70 Å². The average molecular weight is 343 g/mol. The molecule has 6 heteroatoms. The fourth-order valence-electron chi connectivity index (χ4n) is 2.18. The Bertz CT molecular complexity index is 816. The summed E-state index contributed by atoms with van der Waals surface area (Å²) in [6.07, 6.45) is 1.25. The first-order chi connectivity index (χ1) is 11.1. The van der Waals surface area contributed by atoms with E-state index in [-0.39, 0.29) is 22.5 Å². The van der Waals surface area contributed by atoms with Crippen molar-refractivity contribution in [1.82, 2.24) is 5.32 Å². The van der Waals surface area contributed by atoms with Crippen LogP contribution in [-0.4, -0.2) is 16.8 Å². The van der Waals surface area contributed by atoms with E-state index < -0.39 is 0 Å². The van der Waals surface area contributed by atoms with E-state index in [0.29, 0.717) is 16.3 Å². The number of carbonyl (C=O) groups is 2.